The number of fused-ring (bicyclic) bond motifs is 3. The lowest BCUT2D eigenvalue weighted by molar-refractivity contribution is 0.475. The smallest absolute Gasteiger partial charge is 0.159 e. The van der Waals surface area contributed by atoms with E-state index in [1.807, 2.05) is 0 Å². The molecule has 260 valence electrons. The molecular formula is C50H44N2O. The number of anilines is 5. The van der Waals surface area contributed by atoms with E-state index in [2.05, 4.69) is 173 Å². The first kappa shape index (κ1) is 31.9. The normalized spacial score (nSPS) is 14.0. The molecule has 0 spiro atoms. The summed E-state index contributed by atoms with van der Waals surface area (Å²) in [5.41, 5.74) is 14.3. The van der Waals surface area contributed by atoms with E-state index in [1.165, 1.54) is 71.5 Å². The largest absolute Gasteiger partial charge is 0.454 e. The summed E-state index contributed by atoms with van der Waals surface area (Å²) in [4.78, 5) is 2.49. The highest BCUT2D eigenvalue weighted by atomic mass is 16.3. The monoisotopic (exact) mass is 688 g/mol. The fraction of sp³-hybridized carbons (Fsp3) is 0.200. The van der Waals surface area contributed by atoms with Crippen molar-refractivity contribution in [2.24, 2.45) is 0 Å². The van der Waals surface area contributed by atoms with Gasteiger partial charge in [-0.15, -0.1) is 0 Å². The van der Waals surface area contributed by atoms with Gasteiger partial charge in [-0.25, -0.2) is 0 Å². The van der Waals surface area contributed by atoms with Crippen LogP contribution in [0.3, 0.4) is 0 Å². The number of nitrogens with one attached hydrogen (secondary N) is 1. The van der Waals surface area contributed by atoms with E-state index in [-0.39, 0.29) is 5.41 Å². The van der Waals surface area contributed by atoms with E-state index in [4.69, 9.17) is 4.42 Å². The van der Waals surface area contributed by atoms with Crippen molar-refractivity contribution in [3.05, 3.63) is 149 Å². The van der Waals surface area contributed by atoms with Gasteiger partial charge in [-0.3, -0.25) is 0 Å². The highest BCUT2D eigenvalue weighted by molar-refractivity contribution is 6.30. The minimum Gasteiger partial charge on any atom is -0.454 e. The zero-order chi connectivity index (χ0) is 36.2. The predicted octanol–water partition coefficient (Wildman–Crippen LogP) is 14.7. The van der Waals surface area contributed by atoms with Crippen LogP contribution in [0.1, 0.15) is 67.9 Å². The maximum atomic E-state index is 6.79. The zero-order valence-corrected chi connectivity index (χ0v) is 31.4. The third kappa shape index (κ3) is 4.73. The Morgan fingerprint density at radius 3 is 2.13 bits per heavy atom. The molecule has 1 aromatic heterocycles. The maximum absolute atomic E-state index is 6.79. The Bertz CT molecular complexity index is 2910. The van der Waals surface area contributed by atoms with E-state index in [1.54, 1.807) is 0 Å². The second-order valence-corrected chi connectivity index (χ2v) is 16.2. The number of furan rings is 1. The molecule has 8 aromatic carbocycles. The molecule has 0 fully saturated rings. The molecule has 1 N–H and O–H groups in total. The van der Waals surface area contributed by atoms with Crippen LogP contribution in [0.25, 0.3) is 54.3 Å². The summed E-state index contributed by atoms with van der Waals surface area (Å²) in [5.74, 6) is 0.312. The average molecular weight is 689 g/mol. The van der Waals surface area contributed by atoms with Crippen molar-refractivity contribution in [2.75, 3.05) is 10.2 Å². The van der Waals surface area contributed by atoms with E-state index >= 15 is 0 Å². The van der Waals surface area contributed by atoms with Crippen molar-refractivity contribution in [3.63, 3.8) is 0 Å². The van der Waals surface area contributed by atoms with Crippen LogP contribution in [0.4, 0.5) is 28.4 Å². The molecule has 0 bridgehead atoms. The van der Waals surface area contributed by atoms with Gasteiger partial charge in [-0.05, 0) is 124 Å². The molecule has 1 heterocycles. The minimum absolute atomic E-state index is 0.0188. The molecule has 0 amide bonds. The Morgan fingerprint density at radius 1 is 0.604 bits per heavy atom. The summed E-state index contributed by atoms with van der Waals surface area (Å²) in [6.07, 6.45) is 2.16. The number of rotatable bonds is 6. The molecule has 1 aliphatic rings. The predicted molar refractivity (Wildman–Crippen MR) is 227 cm³/mol. The second-order valence-electron chi connectivity index (χ2n) is 16.2. The van der Waals surface area contributed by atoms with Gasteiger partial charge in [-0.2, -0.15) is 0 Å². The van der Waals surface area contributed by atoms with Crippen LogP contribution >= 0.6 is 0 Å². The molecule has 0 saturated carbocycles. The summed E-state index contributed by atoms with van der Waals surface area (Å²) >= 11 is 0. The molecule has 10 rings (SSSR count). The first-order valence-corrected chi connectivity index (χ1v) is 19.1. The summed E-state index contributed by atoms with van der Waals surface area (Å²) in [7, 11) is 0. The van der Waals surface area contributed by atoms with Crippen LogP contribution in [0, 0.1) is 13.8 Å². The van der Waals surface area contributed by atoms with Crippen molar-refractivity contribution < 1.29 is 4.42 Å². The minimum atomic E-state index is 0.0188. The van der Waals surface area contributed by atoms with Crippen molar-refractivity contribution in [1.82, 2.24) is 0 Å². The molecule has 3 heteroatoms. The van der Waals surface area contributed by atoms with Gasteiger partial charge < -0.3 is 14.6 Å². The van der Waals surface area contributed by atoms with E-state index < -0.39 is 0 Å². The Labute approximate surface area is 311 Å². The first-order chi connectivity index (χ1) is 25.7. The SMILES string of the molecule is Cc1ccccc1Nc1cc2c3c(cc4c(N(c5ccccc5C)c5cccc6c5oc5ccccc56)cc(C(C)C)c5ccc1c3c54)C(C)(C)CC2. The summed E-state index contributed by atoms with van der Waals surface area (Å²) in [6.45, 7) is 14.0. The van der Waals surface area contributed by atoms with Gasteiger partial charge >= 0.3 is 0 Å². The third-order valence-corrected chi connectivity index (χ3v) is 12.1. The molecule has 0 radical (unpaired) electrons. The van der Waals surface area contributed by atoms with Crippen LogP contribution in [-0.2, 0) is 11.8 Å². The fourth-order valence-corrected chi connectivity index (χ4v) is 9.24. The van der Waals surface area contributed by atoms with Crippen molar-refractivity contribution in [2.45, 2.75) is 65.7 Å². The van der Waals surface area contributed by atoms with E-state index in [0.717, 1.165) is 51.8 Å². The van der Waals surface area contributed by atoms with Crippen LogP contribution < -0.4 is 10.2 Å². The third-order valence-electron chi connectivity index (χ3n) is 12.1. The molecule has 1 aliphatic carbocycles. The van der Waals surface area contributed by atoms with Gasteiger partial charge in [0, 0.05) is 44.0 Å². The highest BCUT2D eigenvalue weighted by Gasteiger charge is 2.33. The highest BCUT2D eigenvalue weighted by Crippen LogP contribution is 2.54. The molecule has 0 aliphatic heterocycles. The summed E-state index contributed by atoms with van der Waals surface area (Å²) < 4.78 is 6.79. The lowest BCUT2D eigenvalue weighted by Crippen LogP contribution is -2.23. The molecular weight excluding hydrogens is 645 g/mol. The lowest BCUT2D eigenvalue weighted by atomic mass is 9.70. The Morgan fingerprint density at radius 2 is 1.32 bits per heavy atom. The van der Waals surface area contributed by atoms with Gasteiger partial charge in [-0.1, -0.05) is 107 Å². The van der Waals surface area contributed by atoms with E-state index in [0.29, 0.717) is 5.92 Å². The number of para-hydroxylation sites is 4. The van der Waals surface area contributed by atoms with Crippen molar-refractivity contribution >= 4 is 82.7 Å². The standard InChI is InChI=1S/C50H44N2O/c1-29(2)37-28-44(52(42-19-11-8-15-31(42)4)43-20-13-17-35-33-16-9-12-21-45(33)53-49(35)43)38-27-39-46-32(24-25-50(39,5)6)26-41(51-40-18-10-7-14-30(40)3)36-23-22-34(37)47(38)48(36)46/h7-23,26-29,51H,24-25H2,1-6H3. The molecule has 0 saturated heterocycles. The summed E-state index contributed by atoms with van der Waals surface area (Å²) in [6, 6.07) is 44.7. The molecule has 3 nitrogen and oxygen atoms in total. The van der Waals surface area contributed by atoms with Gasteiger partial charge in [0.2, 0.25) is 0 Å². The van der Waals surface area contributed by atoms with Crippen LogP contribution in [0.2, 0.25) is 0 Å². The quantitative estimate of drug-likeness (QED) is 0.176. The molecule has 0 unspecified atom stereocenters. The topological polar surface area (TPSA) is 28.4 Å². The van der Waals surface area contributed by atoms with Gasteiger partial charge in [0.25, 0.3) is 0 Å². The number of nitrogens with zero attached hydrogens (tertiary/aromatic N) is 1. The van der Waals surface area contributed by atoms with Crippen LogP contribution in [-0.4, -0.2) is 0 Å². The molecule has 53 heavy (non-hydrogen) atoms. The van der Waals surface area contributed by atoms with Crippen LogP contribution in [0.15, 0.2) is 126 Å². The number of hydrogen-bond acceptors (Lipinski definition) is 3. The molecule has 9 aromatic rings. The van der Waals surface area contributed by atoms with Gasteiger partial charge in [0.1, 0.15) is 5.58 Å². The van der Waals surface area contributed by atoms with Crippen molar-refractivity contribution in [3.8, 4) is 0 Å². The Kier molecular flexibility index (Phi) is 6.98. The van der Waals surface area contributed by atoms with E-state index in [9.17, 15) is 0 Å². The maximum Gasteiger partial charge on any atom is 0.159 e. The van der Waals surface area contributed by atoms with Gasteiger partial charge in [0.05, 0.1) is 11.4 Å². The van der Waals surface area contributed by atoms with Crippen molar-refractivity contribution in [1.29, 1.82) is 0 Å². The lowest BCUT2D eigenvalue weighted by Gasteiger charge is -2.36. The zero-order valence-electron chi connectivity index (χ0n) is 31.4. The summed E-state index contributed by atoms with van der Waals surface area (Å²) in [5, 5.41) is 14.3. The average Bonchev–Trinajstić information content (AvgIpc) is 3.54. The molecule has 0 atom stereocenters. The number of benzene rings is 8. The second kappa shape index (κ2) is 11.6. The van der Waals surface area contributed by atoms with Gasteiger partial charge in [0.15, 0.2) is 5.58 Å². The fourth-order valence-electron chi connectivity index (χ4n) is 9.24. The first-order valence-electron chi connectivity index (χ1n) is 19.1. The van der Waals surface area contributed by atoms with Crippen LogP contribution in [0.5, 0.6) is 0 Å². The Hall–Kier alpha value is -5.80. The number of aryl methyl sites for hydroxylation is 3. The number of hydrogen-bond donors (Lipinski definition) is 1. The Balaban J connectivity index is 1.38.